The third-order valence-electron chi connectivity index (χ3n) is 1.35. The van der Waals surface area contributed by atoms with Crippen molar-refractivity contribution in [1.29, 1.82) is 0 Å². The van der Waals surface area contributed by atoms with Crippen molar-refractivity contribution < 1.29 is 9.47 Å². The van der Waals surface area contributed by atoms with Crippen LogP contribution < -0.4 is 0 Å². The van der Waals surface area contributed by atoms with Gasteiger partial charge in [-0.05, 0) is 58.8 Å². The fraction of sp³-hybridized carbons (Fsp3) is 0.538. The lowest BCUT2D eigenvalue weighted by Gasteiger charge is -2.13. The van der Waals surface area contributed by atoms with Crippen LogP contribution in [0.1, 0.15) is 41.5 Å². The molecular weight excluding hydrogens is 188 g/mol. The highest BCUT2D eigenvalue weighted by molar-refractivity contribution is 4.98. The molecule has 0 amide bonds. The Morgan fingerprint density at radius 3 is 1.40 bits per heavy atom. The summed E-state index contributed by atoms with van der Waals surface area (Å²) in [4.78, 5) is 0. The molecule has 0 aromatic carbocycles. The van der Waals surface area contributed by atoms with Crippen LogP contribution in [0, 0.1) is 0 Å². The SMILES string of the molecule is CC(C)=COC(C=C(C)C)OC=C(C)C. The number of ether oxygens (including phenoxy) is 2. The molecule has 15 heavy (non-hydrogen) atoms. The van der Waals surface area contributed by atoms with Crippen LogP contribution in [-0.4, -0.2) is 6.29 Å². The second kappa shape index (κ2) is 7.16. The first-order valence-electron chi connectivity index (χ1n) is 5.14. The maximum atomic E-state index is 5.46. The second-order valence-electron chi connectivity index (χ2n) is 4.27. The molecule has 0 heterocycles. The zero-order chi connectivity index (χ0) is 11.8. The molecule has 86 valence electrons. The molecule has 0 unspecified atom stereocenters. The van der Waals surface area contributed by atoms with Gasteiger partial charge in [-0.15, -0.1) is 0 Å². The van der Waals surface area contributed by atoms with E-state index in [-0.39, 0.29) is 6.29 Å². The molecule has 0 aliphatic rings. The van der Waals surface area contributed by atoms with Crippen LogP contribution in [-0.2, 0) is 9.47 Å². The van der Waals surface area contributed by atoms with Crippen LogP contribution >= 0.6 is 0 Å². The van der Waals surface area contributed by atoms with Gasteiger partial charge in [-0.3, -0.25) is 0 Å². The van der Waals surface area contributed by atoms with Gasteiger partial charge in [0.05, 0.1) is 12.5 Å². The van der Waals surface area contributed by atoms with Crippen LogP contribution in [0.5, 0.6) is 0 Å². The lowest BCUT2D eigenvalue weighted by atomic mass is 10.3. The summed E-state index contributed by atoms with van der Waals surface area (Å²) in [6.45, 7) is 12.0. The number of rotatable bonds is 5. The zero-order valence-electron chi connectivity index (χ0n) is 10.6. The van der Waals surface area contributed by atoms with Gasteiger partial charge in [0.25, 0.3) is 6.29 Å². The van der Waals surface area contributed by atoms with Crippen molar-refractivity contribution in [3.63, 3.8) is 0 Å². The Hall–Kier alpha value is -1.18. The molecule has 0 rings (SSSR count). The van der Waals surface area contributed by atoms with Crippen LogP contribution in [0.2, 0.25) is 0 Å². The first-order chi connectivity index (χ1) is 6.91. The maximum Gasteiger partial charge on any atom is 0.259 e. The van der Waals surface area contributed by atoms with Crippen molar-refractivity contribution in [2.75, 3.05) is 0 Å². The summed E-state index contributed by atoms with van der Waals surface area (Å²) in [5.41, 5.74) is 3.40. The molecule has 2 heteroatoms. The van der Waals surface area contributed by atoms with Crippen molar-refractivity contribution in [2.45, 2.75) is 47.8 Å². The molecule has 0 atom stereocenters. The fourth-order valence-corrected chi connectivity index (χ4v) is 0.789. The molecule has 0 radical (unpaired) electrons. The van der Waals surface area contributed by atoms with E-state index in [1.165, 1.54) is 5.57 Å². The second-order valence-corrected chi connectivity index (χ2v) is 4.27. The van der Waals surface area contributed by atoms with Crippen molar-refractivity contribution >= 4 is 0 Å². The Balaban J connectivity index is 4.39. The monoisotopic (exact) mass is 210 g/mol. The smallest absolute Gasteiger partial charge is 0.259 e. The summed E-state index contributed by atoms with van der Waals surface area (Å²) in [5, 5.41) is 0. The van der Waals surface area contributed by atoms with E-state index in [4.69, 9.17) is 9.47 Å². The van der Waals surface area contributed by atoms with Crippen molar-refractivity contribution in [3.8, 4) is 0 Å². The summed E-state index contributed by atoms with van der Waals surface area (Å²) in [6.07, 6.45) is 5.03. The largest absolute Gasteiger partial charge is 0.459 e. The third kappa shape index (κ3) is 9.13. The van der Waals surface area contributed by atoms with E-state index < -0.39 is 0 Å². The molecule has 0 aliphatic heterocycles. The van der Waals surface area contributed by atoms with Gasteiger partial charge in [0.2, 0.25) is 0 Å². The summed E-state index contributed by atoms with van der Waals surface area (Å²) in [6, 6.07) is 0. The van der Waals surface area contributed by atoms with Crippen LogP contribution in [0.3, 0.4) is 0 Å². The van der Waals surface area contributed by atoms with E-state index in [0.29, 0.717) is 0 Å². The number of allylic oxidation sites excluding steroid dienone is 3. The van der Waals surface area contributed by atoms with E-state index in [1.807, 2.05) is 47.6 Å². The van der Waals surface area contributed by atoms with Gasteiger partial charge in [-0.25, -0.2) is 0 Å². The average molecular weight is 210 g/mol. The Morgan fingerprint density at radius 2 is 1.13 bits per heavy atom. The molecule has 0 fully saturated rings. The van der Waals surface area contributed by atoms with Gasteiger partial charge in [0, 0.05) is 0 Å². The van der Waals surface area contributed by atoms with E-state index >= 15 is 0 Å². The standard InChI is InChI=1S/C13H22O2/c1-10(2)7-13(14-8-11(3)4)15-9-12(5)6/h7-9,13H,1-6H3. The highest BCUT2D eigenvalue weighted by atomic mass is 16.7. The summed E-state index contributed by atoms with van der Waals surface area (Å²) >= 11 is 0. The van der Waals surface area contributed by atoms with Crippen LogP contribution in [0.25, 0.3) is 0 Å². The van der Waals surface area contributed by atoms with Gasteiger partial charge in [-0.1, -0.05) is 5.57 Å². The van der Waals surface area contributed by atoms with E-state index in [0.717, 1.165) is 11.1 Å². The first kappa shape index (κ1) is 13.8. The highest BCUT2D eigenvalue weighted by Gasteiger charge is 2.02. The first-order valence-corrected chi connectivity index (χ1v) is 5.14. The molecule has 0 aromatic heterocycles. The summed E-state index contributed by atoms with van der Waals surface area (Å²) in [5.74, 6) is 0. The minimum absolute atomic E-state index is 0.334. The van der Waals surface area contributed by atoms with E-state index in [9.17, 15) is 0 Å². The molecular formula is C13H22O2. The minimum atomic E-state index is -0.334. The predicted octanol–water partition coefficient (Wildman–Crippen LogP) is 4.16. The lowest BCUT2D eigenvalue weighted by molar-refractivity contribution is -0.0252. The van der Waals surface area contributed by atoms with Gasteiger partial charge in [-0.2, -0.15) is 0 Å². The fourth-order valence-electron chi connectivity index (χ4n) is 0.789. The van der Waals surface area contributed by atoms with Crippen LogP contribution in [0.15, 0.2) is 35.3 Å². The normalized spacial score (nSPS) is 9.27. The van der Waals surface area contributed by atoms with Gasteiger partial charge in [0.1, 0.15) is 0 Å². The minimum Gasteiger partial charge on any atom is -0.459 e. The predicted molar refractivity (Wildman–Crippen MR) is 64.3 cm³/mol. The summed E-state index contributed by atoms with van der Waals surface area (Å²) < 4.78 is 10.9. The van der Waals surface area contributed by atoms with E-state index in [1.54, 1.807) is 12.5 Å². The quantitative estimate of drug-likeness (QED) is 0.385. The van der Waals surface area contributed by atoms with E-state index in [2.05, 4.69) is 0 Å². The Labute approximate surface area is 93.3 Å². The molecule has 0 saturated carbocycles. The molecule has 0 bridgehead atoms. The maximum absolute atomic E-state index is 5.46. The molecule has 0 aromatic rings. The molecule has 0 N–H and O–H groups in total. The lowest BCUT2D eigenvalue weighted by Crippen LogP contribution is -2.09. The number of hydrogen-bond acceptors (Lipinski definition) is 2. The Bertz CT molecular complexity index is 240. The third-order valence-corrected chi connectivity index (χ3v) is 1.35. The number of hydrogen-bond donors (Lipinski definition) is 0. The molecule has 2 nitrogen and oxygen atoms in total. The Kier molecular flexibility index (Phi) is 6.59. The molecule has 0 spiro atoms. The molecule has 0 saturated heterocycles. The molecule has 0 aliphatic carbocycles. The zero-order valence-corrected chi connectivity index (χ0v) is 10.6. The topological polar surface area (TPSA) is 18.5 Å². The van der Waals surface area contributed by atoms with Crippen molar-refractivity contribution in [2.24, 2.45) is 0 Å². The van der Waals surface area contributed by atoms with Crippen molar-refractivity contribution in [1.82, 2.24) is 0 Å². The van der Waals surface area contributed by atoms with Gasteiger partial charge >= 0.3 is 0 Å². The van der Waals surface area contributed by atoms with Crippen molar-refractivity contribution in [3.05, 3.63) is 35.3 Å². The highest BCUT2D eigenvalue weighted by Crippen LogP contribution is 2.06. The average Bonchev–Trinajstić information content (AvgIpc) is 2.08. The Morgan fingerprint density at radius 1 is 0.733 bits per heavy atom. The summed E-state index contributed by atoms with van der Waals surface area (Å²) in [7, 11) is 0. The van der Waals surface area contributed by atoms with Crippen LogP contribution in [0.4, 0.5) is 0 Å². The van der Waals surface area contributed by atoms with Gasteiger partial charge in [0.15, 0.2) is 0 Å². The van der Waals surface area contributed by atoms with Gasteiger partial charge < -0.3 is 9.47 Å².